The maximum absolute atomic E-state index is 12.2. The highest BCUT2D eigenvalue weighted by molar-refractivity contribution is 7.19. The number of aryl methyl sites for hydroxylation is 2. The largest absolute Gasteiger partial charge is 0.460 e. The lowest BCUT2D eigenvalue weighted by atomic mass is 9.97. The van der Waals surface area contributed by atoms with Gasteiger partial charge in [-0.3, -0.25) is 0 Å². The van der Waals surface area contributed by atoms with Gasteiger partial charge in [-0.1, -0.05) is 17.7 Å². The number of thiophene rings is 1. The van der Waals surface area contributed by atoms with Gasteiger partial charge in [0.25, 0.3) is 0 Å². The normalized spacial score (nSPS) is 13.5. The maximum atomic E-state index is 12.2. The molecule has 4 rings (SSSR count). The summed E-state index contributed by atoms with van der Waals surface area (Å²) in [5, 5.41) is 4.97. The van der Waals surface area contributed by atoms with E-state index in [0.717, 1.165) is 35.2 Å². The Labute approximate surface area is 160 Å². The molecular weight excluding hydrogens is 370 g/mol. The number of nitrogens with one attached hydrogen (secondary N) is 1. The minimum Gasteiger partial charge on any atom is -0.460 e. The van der Waals surface area contributed by atoms with Gasteiger partial charge in [-0.25, -0.2) is 14.8 Å². The molecule has 0 radical (unpaired) electrons. The first kappa shape index (κ1) is 17.2. The summed E-state index contributed by atoms with van der Waals surface area (Å²) in [6.45, 7) is 2.06. The second kappa shape index (κ2) is 7.21. The number of halogens is 1. The van der Waals surface area contributed by atoms with E-state index in [4.69, 9.17) is 16.3 Å². The van der Waals surface area contributed by atoms with Crippen LogP contribution >= 0.6 is 22.9 Å². The molecular formula is C19H18ClN3O2S. The van der Waals surface area contributed by atoms with E-state index >= 15 is 0 Å². The van der Waals surface area contributed by atoms with Crippen molar-refractivity contribution < 1.29 is 9.53 Å². The number of esters is 1. The van der Waals surface area contributed by atoms with E-state index in [-0.39, 0.29) is 12.4 Å². The lowest BCUT2D eigenvalue weighted by Gasteiger charge is -2.13. The summed E-state index contributed by atoms with van der Waals surface area (Å²) in [4.78, 5) is 23.4. The molecule has 0 spiro atoms. The zero-order valence-corrected chi connectivity index (χ0v) is 15.9. The van der Waals surface area contributed by atoms with E-state index < -0.39 is 5.97 Å². The van der Waals surface area contributed by atoms with Gasteiger partial charge < -0.3 is 10.1 Å². The Bertz CT molecular complexity index is 986. The molecule has 2 aromatic heterocycles. The number of fused-ring (bicyclic) bond motifs is 3. The number of hydrogen-bond donors (Lipinski definition) is 1. The first-order chi connectivity index (χ1) is 12.7. The van der Waals surface area contributed by atoms with Crippen molar-refractivity contribution in [3.05, 3.63) is 45.6 Å². The standard InChI is InChI=1S/C19H18ClN3O2S/c1-2-25-19(24)17-22-16(21-12-7-5-6-11(20)10-12)15-13-8-3-4-9-14(13)26-18(15)23-17/h5-7,10H,2-4,8-9H2,1H3,(H,21,22,23). The number of benzene rings is 1. The molecule has 0 amide bonds. The van der Waals surface area contributed by atoms with Crippen LogP contribution in [0.5, 0.6) is 0 Å². The topological polar surface area (TPSA) is 64.1 Å². The Kier molecular flexibility index (Phi) is 4.78. The lowest BCUT2D eigenvalue weighted by molar-refractivity contribution is 0.0512. The molecule has 1 N–H and O–H groups in total. The molecule has 0 aliphatic heterocycles. The van der Waals surface area contributed by atoms with Gasteiger partial charge in [0.05, 0.1) is 12.0 Å². The Morgan fingerprint density at radius 2 is 2.15 bits per heavy atom. The van der Waals surface area contributed by atoms with Crippen molar-refractivity contribution in [2.45, 2.75) is 32.6 Å². The maximum Gasteiger partial charge on any atom is 0.376 e. The average molecular weight is 388 g/mol. The number of ether oxygens (including phenoxy) is 1. The van der Waals surface area contributed by atoms with Crippen molar-refractivity contribution in [1.29, 1.82) is 0 Å². The molecule has 26 heavy (non-hydrogen) atoms. The summed E-state index contributed by atoms with van der Waals surface area (Å²) in [5.41, 5.74) is 2.12. The molecule has 3 aromatic rings. The fraction of sp³-hybridized carbons (Fsp3) is 0.316. The third-order valence-electron chi connectivity index (χ3n) is 4.36. The Balaban J connectivity index is 1.86. The summed E-state index contributed by atoms with van der Waals surface area (Å²) in [6.07, 6.45) is 4.42. The first-order valence-electron chi connectivity index (χ1n) is 8.67. The Hall–Kier alpha value is -2.18. The number of nitrogens with zero attached hydrogens (tertiary/aromatic N) is 2. The van der Waals surface area contributed by atoms with Crippen molar-refractivity contribution in [1.82, 2.24) is 9.97 Å². The van der Waals surface area contributed by atoms with E-state index in [1.54, 1.807) is 18.3 Å². The molecule has 1 aromatic carbocycles. The number of rotatable bonds is 4. The molecule has 0 fully saturated rings. The van der Waals surface area contributed by atoms with Crippen molar-refractivity contribution in [3.8, 4) is 0 Å². The van der Waals surface area contributed by atoms with Gasteiger partial charge in [0.15, 0.2) is 0 Å². The van der Waals surface area contributed by atoms with Crippen LogP contribution in [0.25, 0.3) is 10.2 Å². The van der Waals surface area contributed by atoms with Crippen LogP contribution in [-0.4, -0.2) is 22.5 Å². The van der Waals surface area contributed by atoms with Gasteiger partial charge in [0.1, 0.15) is 10.6 Å². The van der Waals surface area contributed by atoms with Crippen molar-refractivity contribution in [2.75, 3.05) is 11.9 Å². The monoisotopic (exact) mass is 387 g/mol. The van der Waals surface area contributed by atoms with Crippen molar-refractivity contribution >= 4 is 50.6 Å². The minimum atomic E-state index is -0.505. The Morgan fingerprint density at radius 1 is 1.31 bits per heavy atom. The molecule has 0 saturated carbocycles. The first-order valence-corrected chi connectivity index (χ1v) is 9.87. The van der Waals surface area contributed by atoms with E-state index in [1.165, 1.54) is 16.9 Å². The molecule has 134 valence electrons. The quantitative estimate of drug-likeness (QED) is 0.627. The molecule has 1 aliphatic rings. The predicted molar refractivity (Wildman–Crippen MR) is 105 cm³/mol. The number of hydrogen-bond acceptors (Lipinski definition) is 6. The van der Waals surface area contributed by atoms with Crippen LogP contribution in [-0.2, 0) is 17.6 Å². The molecule has 1 aliphatic carbocycles. The third-order valence-corrected chi connectivity index (χ3v) is 5.78. The van der Waals surface area contributed by atoms with Crippen LogP contribution < -0.4 is 5.32 Å². The number of carbonyl (C=O) groups is 1. The number of carbonyl (C=O) groups excluding carboxylic acids is 1. The summed E-state index contributed by atoms with van der Waals surface area (Å²) in [6, 6.07) is 7.44. The minimum absolute atomic E-state index is 0.0856. The zero-order chi connectivity index (χ0) is 18.1. The molecule has 0 unspecified atom stereocenters. The van der Waals surface area contributed by atoms with E-state index in [1.807, 2.05) is 24.3 Å². The van der Waals surface area contributed by atoms with Crippen LogP contribution in [0.4, 0.5) is 11.5 Å². The highest BCUT2D eigenvalue weighted by atomic mass is 35.5. The van der Waals surface area contributed by atoms with Gasteiger partial charge in [-0.15, -0.1) is 11.3 Å². The molecule has 0 saturated heterocycles. The second-order valence-corrected chi connectivity index (χ2v) is 7.66. The van der Waals surface area contributed by atoms with Crippen LogP contribution in [0.3, 0.4) is 0 Å². The van der Waals surface area contributed by atoms with Gasteiger partial charge in [-0.05, 0) is 56.4 Å². The lowest BCUT2D eigenvalue weighted by Crippen LogP contribution is -2.11. The number of anilines is 2. The summed E-state index contributed by atoms with van der Waals surface area (Å²) in [7, 11) is 0. The second-order valence-electron chi connectivity index (χ2n) is 6.14. The predicted octanol–water partition coefficient (Wildman–Crippen LogP) is 5.14. The molecule has 0 atom stereocenters. The van der Waals surface area contributed by atoms with Crippen LogP contribution in [0.2, 0.25) is 5.02 Å². The Morgan fingerprint density at radius 3 is 2.96 bits per heavy atom. The van der Waals surface area contributed by atoms with Crippen molar-refractivity contribution in [2.24, 2.45) is 0 Å². The summed E-state index contributed by atoms with van der Waals surface area (Å²) >= 11 is 7.75. The van der Waals surface area contributed by atoms with E-state index in [2.05, 4.69) is 15.3 Å². The van der Waals surface area contributed by atoms with Gasteiger partial charge in [-0.2, -0.15) is 0 Å². The van der Waals surface area contributed by atoms with Crippen LogP contribution in [0, 0.1) is 0 Å². The summed E-state index contributed by atoms with van der Waals surface area (Å²) in [5.74, 6) is 0.220. The van der Waals surface area contributed by atoms with Gasteiger partial charge in [0, 0.05) is 15.6 Å². The van der Waals surface area contributed by atoms with Gasteiger partial charge in [0.2, 0.25) is 5.82 Å². The molecule has 2 heterocycles. The van der Waals surface area contributed by atoms with Crippen LogP contribution in [0.15, 0.2) is 24.3 Å². The highest BCUT2D eigenvalue weighted by Crippen LogP contribution is 2.39. The SMILES string of the molecule is CCOC(=O)c1nc(Nc2cccc(Cl)c2)c2c3c(sc2n1)CCCC3. The highest BCUT2D eigenvalue weighted by Gasteiger charge is 2.23. The fourth-order valence-electron chi connectivity index (χ4n) is 3.24. The smallest absolute Gasteiger partial charge is 0.376 e. The van der Waals surface area contributed by atoms with Gasteiger partial charge >= 0.3 is 5.97 Å². The zero-order valence-electron chi connectivity index (χ0n) is 14.3. The number of aromatic nitrogens is 2. The molecule has 5 nitrogen and oxygen atoms in total. The fourth-order valence-corrected chi connectivity index (χ4v) is 4.69. The third kappa shape index (κ3) is 3.27. The van der Waals surface area contributed by atoms with Crippen molar-refractivity contribution in [3.63, 3.8) is 0 Å². The van der Waals surface area contributed by atoms with E-state index in [9.17, 15) is 4.79 Å². The average Bonchev–Trinajstić information content (AvgIpc) is 3.00. The summed E-state index contributed by atoms with van der Waals surface area (Å²) < 4.78 is 5.10. The molecule has 0 bridgehead atoms. The van der Waals surface area contributed by atoms with E-state index in [0.29, 0.717) is 10.8 Å². The molecule has 7 heteroatoms. The van der Waals surface area contributed by atoms with Crippen LogP contribution in [0.1, 0.15) is 40.8 Å².